The third-order valence-electron chi connectivity index (χ3n) is 3.63. The van der Waals surface area contributed by atoms with E-state index in [9.17, 15) is 8.42 Å². The Morgan fingerprint density at radius 2 is 1.90 bits per heavy atom. The van der Waals surface area contributed by atoms with E-state index in [1.54, 1.807) is 6.92 Å². The molecule has 0 atom stereocenters. The van der Waals surface area contributed by atoms with Crippen molar-refractivity contribution in [2.45, 2.75) is 25.7 Å². The van der Waals surface area contributed by atoms with Crippen molar-refractivity contribution in [2.75, 3.05) is 49.1 Å². The molecule has 8 heteroatoms. The van der Waals surface area contributed by atoms with E-state index in [1.807, 2.05) is 0 Å². The Bertz CT molecular complexity index is 575. The Balaban J connectivity index is 2.15. The molecule has 1 fully saturated rings. The second-order valence-corrected chi connectivity index (χ2v) is 8.75. The van der Waals surface area contributed by atoms with Crippen LogP contribution in [0.4, 0.5) is 10.8 Å². The minimum Gasteiger partial charge on any atom is -0.382 e. The van der Waals surface area contributed by atoms with Gasteiger partial charge in [-0.05, 0) is 17.5 Å². The number of sulfone groups is 1. The predicted molar refractivity (Wildman–Crippen MR) is 87.7 cm³/mol. The van der Waals surface area contributed by atoms with E-state index in [0.29, 0.717) is 10.9 Å². The molecule has 1 aliphatic heterocycles. The van der Waals surface area contributed by atoms with Gasteiger partial charge in [0.1, 0.15) is 9.90 Å². The van der Waals surface area contributed by atoms with Crippen LogP contribution in [0, 0.1) is 5.92 Å². The van der Waals surface area contributed by atoms with Crippen molar-refractivity contribution in [3.8, 4) is 0 Å². The van der Waals surface area contributed by atoms with Crippen molar-refractivity contribution < 1.29 is 8.42 Å². The van der Waals surface area contributed by atoms with Crippen LogP contribution in [0.3, 0.4) is 0 Å². The van der Waals surface area contributed by atoms with Gasteiger partial charge in [0, 0.05) is 32.7 Å². The summed E-state index contributed by atoms with van der Waals surface area (Å²) in [4.78, 5) is 4.75. The molecule has 0 bridgehead atoms. The molecule has 0 amide bonds. The lowest BCUT2D eigenvalue weighted by molar-refractivity contribution is 0.231. The number of piperazine rings is 1. The SMILES string of the molecule is CCS(=O)(=O)c1c(N)nsc1N1CCN(CC(C)C)CC1. The zero-order valence-electron chi connectivity index (χ0n) is 12.9. The molecule has 0 aromatic carbocycles. The largest absolute Gasteiger partial charge is 0.382 e. The summed E-state index contributed by atoms with van der Waals surface area (Å²) in [6.45, 7) is 10.7. The lowest BCUT2D eigenvalue weighted by Crippen LogP contribution is -2.47. The molecular formula is C13H24N4O2S2. The van der Waals surface area contributed by atoms with Crippen molar-refractivity contribution in [3.63, 3.8) is 0 Å². The molecule has 1 aliphatic rings. The van der Waals surface area contributed by atoms with E-state index >= 15 is 0 Å². The number of hydrogen-bond acceptors (Lipinski definition) is 7. The van der Waals surface area contributed by atoms with Crippen molar-refractivity contribution in [2.24, 2.45) is 5.92 Å². The topological polar surface area (TPSA) is 79.5 Å². The van der Waals surface area contributed by atoms with Crippen LogP contribution in [0.25, 0.3) is 0 Å². The van der Waals surface area contributed by atoms with E-state index in [-0.39, 0.29) is 16.5 Å². The molecule has 1 aromatic heterocycles. The van der Waals surface area contributed by atoms with Gasteiger partial charge >= 0.3 is 0 Å². The zero-order chi connectivity index (χ0) is 15.6. The van der Waals surface area contributed by atoms with Crippen LogP contribution in [0.2, 0.25) is 0 Å². The van der Waals surface area contributed by atoms with Gasteiger partial charge in [-0.15, -0.1) is 0 Å². The predicted octanol–water partition coefficient (Wildman–Crippen LogP) is 1.30. The molecule has 21 heavy (non-hydrogen) atoms. The fraction of sp³-hybridized carbons (Fsp3) is 0.769. The fourth-order valence-electron chi connectivity index (χ4n) is 2.57. The van der Waals surface area contributed by atoms with Gasteiger partial charge in [0.25, 0.3) is 0 Å². The molecular weight excluding hydrogens is 308 g/mol. The van der Waals surface area contributed by atoms with Gasteiger partial charge < -0.3 is 10.6 Å². The molecule has 1 saturated heterocycles. The molecule has 2 rings (SSSR count). The molecule has 0 aliphatic carbocycles. The summed E-state index contributed by atoms with van der Waals surface area (Å²) < 4.78 is 28.5. The third-order valence-corrected chi connectivity index (χ3v) is 6.47. The molecule has 120 valence electrons. The summed E-state index contributed by atoms with van der Waals surface area (Å²) in [5, 5.41) is 0.707. The summed E-state index contributed by atoms with van der Waals surface area (Å²) in [6, 6.07) is 0. The number of anilines is 2. The minimum atomic E-state index is -3.33. The Hall–Kier alpha value is -0.860. The van der Waals surface area contributed by atoms with Gasteiger partial charge in [-0.2, -0.15) is 4.37 Å². The van der Waals surface area contributed by atoms with E-state index < -0.39 is 9.84 Å². The van der Waals surface area contributed by atoms with Crippen LogP contribution in [0.15, 0.2) is 4.90 Å². The van der Waals surface area contributed by atoms with Gasteiger partial charge in [-0.3, -0.25) is 4.90 Å². The van der Waals surface area contributed by atoms with Gasteiger partial charge in [0.2, 0.25) is 0 Å². The van der Waals surface area contributed by atoms with Crippen molar-refractivity contribution >= 4 is 32.2 Å². The second kappa shape index (κ2) is 6.50. The minimum absolute atomic E-state index is 0.0515. The van der Waals surface area contributed by atoms with Crippen LogP contribution >= 0.6 is 11.5 Å². The molecule has 0 saturated carbocycles. The van der Waals surface area contributed by atoms with Crippen molar-refractivity contribution in [1.82, 2.24) is 9.27 Å². The number of rotatable bonds is 5. The van der Waals surface area contributed by atoms with Crippen molar-refractivity contribution in [1.29, 1.82) is 0 Å². The molecule has 2 N–H and O–H groups in total. The highest BCUT2D eigenvalue weighted by Crippen LogP contribution is 2.35. The number of nitrogens with zero attached hydrogens (tertiary/aromatic N) is 3. The van der Waals surface area contributed by atoms with Crippen LogP contribution in [0.5, 0.6) is 0 Å². The van der Waals surface area contributed by atoms with E-state index in [0.717, 1.165) is 32.7 Å². The average Bonchev–Trinajstić information content (AvgIpc) is 2.81. The standard InChI is InChI=1S/C13H24N4O2S2/c1-4-21(18,19)11-12(14)15-20-13(11)17-7-5-16(6-8-17)9-10(2)3/h10H,4-9H2,1-3H3,(H2,14,15). The maximum absolute atomic E-state index is 12.2. The maximum atomic E-state index is 12.2. The molecule has 1 aromatic rings. The quantitative estimate of drug-likeness (QED) is 0.875. The van der Waals surface area contributed by atoms with Crippen LogP contribution in [-0.4, -0.2) is 56.2 Å². The van der Waals surface area contributed by atoms with Gasteiger partial charge in [-0.1, -0.05) is 20.8 Å². The zero-order valence-corrected chi connectivity index (χ0v) is 14.5. The number of aromatic nitrogens is 1. The third kappa shape index (κ3) is 3.67. The summed E-state index contributed by atoms with van der Waals surface area (Å²) in [7, 11) is -3.33. The highest BCUT2D eigenvalue weighted by molar-refractivity contribution is 7.91. The summed E-state index contributed by atoms with van der Waals surface area (Å²) in [5.41, 5.74) is 5.79. The Morgan fingerprint density at radius 1 is 1.29 bits per heavy atom. The summed E-state index contributed by atoms with van der Waals surface area (Å²) in [5.74, 6) is 0.837. The number of hydrogen-bond donors (Lipinski definition) is 1. The Morgan fingerprint density at radius 3 is 2.43 bits per heavy atom. The monoisotopic (exact) mass is 332 g/mol. The first-order chi connectivity index (χ1) is 9.85. The second-order valence-electron chi connectivity index (χ2n) is 5.79. The molecule has 6 nitrogen and oxygen atoms in total. The fourth-order valence-corrected chi connectivity index (χ4v) is 4.93. The lowest BCUT2D eigenvalue weighted by atomic mass is 10.2. The summed E-state index contributed by atoms with van der Waals surface area (Å²) >= 11 is 1.19. The first-order valence-electron chi connectivity index (χ1n) is 7.30. The summed E-state index contributed by atoms with van der Waals surface area (Å²) in [6.07, 6.45) is 0. The Labute approximate surface area is 131 Å². The smallest absolute Gasteiger partial charge is 0.184 e. The van der Waals surface area contributed by atoms with Gasteiger partial charge in [0.15, 0.2) is 15.7 Å². The number of nitrogens with two attached hydrogens (primary N) is 1. The normalized spacial score (nSPS) is 17.6. The van der Waals surface area contributed by atoms with Gasteiger partial charge in [0.05, 0.1) is 5.75 Å². The Kier molecular flexibility index (Phi) is 5.11. The molecule has 0 unspecified atom stereocenters. The van der Waals surface area contributed by atoms with Crippen LogP contribution < -0.4 is 10.6 Å². The molecule has 2 heterocycles. The van der Waals surface area contributed by atoms with Crippen LogP contribution in [0.1, 0.15) is 20.8 Å². The van der Waals surface area contributed by atoms with Crippen molar-refractivity contribution in [3.05, 3.63) is 0 Å². The first-order valence-corrected chi connectivity index (χ1v) is 9.73. The first kappa shape index (κ1) is 16.5. The van der Waals surface area contributed by atoms with E-state index in [4.69, 9.17) is 5.73 Å². The van der Waals surface area contributed by atoms with E-state index in [1.165, 1.54) is 11.5 Å². The van der Waals surface area contributed by atoms with Crippen LogP contribution in [-0.2, 0) is 9.84 Å². The highest BCUT2D eigenvalue weighted by Gasteiger charge is 2.29. The van der Waals surface area contributed by atoms with Gasteiger partial charge in [-0.25, -0.2) is 8.42 Å². The highest BCUT2D eigenvalue weighted by atomic mass is 32.2. The van der Waals surface area contributed by atoms with E-state index in [2.05, 4.69) is 28.0 Å². The number of nitrogen functional groups attached to an aromatic ring is 1. The molecule has 0 radical (unpaired) electrons. The lowest BCUT2D eigenvalue weighted by Gasteiger charge is -2.36. The molecule has 0 spiro atoms. The maximum Gasteiger partial charge on any atom is 0.184 e. The average molecular weight is 332 g/mol.